The van der Waals surface area contributed by atoms with Gasteiger partial charge in [-0.3, -0.25) is 4.79 Å². The summed E-state index contributed by atoms with van der Waals surface area (Å²) in [6.45, 7) is 3.65. The van der Waals surface area contributed by atoms with Crippen LogP contribution in [0, 0.1) is 13.8 Å². The number of hydrogen-bond donors (Lipinski definition) is 2. The van der Waals surface area contributed by atoms with E-state index in [2.05, 4.69) is 24.5 Å². The predicted molar refractivity (Wildman–Crippen MR) is 154 cm³/mol. The minimum absolute atomic E-state index is 0. The molecule has 1 heterocycles. The molecule has 218 valence electrons. The quantitative estimate of drug-likeness (QED) is 0.241. The number of fused-ring (bicyclic) bond motifs is 1. The summed E-state index contributed by atoms with van der Waals surface area (Å²) in [5.74, 6) is -0.579. The number of benzene rings is 2. The smallest absolute Gasteiger partial charge is 0.354 e. The molecule has 0 aliphatic rings. The minimum Gasteiger partial charge on any atom is -0.496 e. The Morgan fingerprint density at radius 2 is 1.45 bits per heavy atom. The Balaban J connectivity index is 0.000000727. The third kappa shape index (κ3) is 8.35. The van der Waals surface area contributed by atoms with Crippen LogP contribution in [-0.4, -0.2) is 58.4 Å². The number of pyridine rings is 1. The number of aryl methyl sites for hydroxylation is 1. The van der Waals surface area contributed by atoms with Gasteiger partial charge >= 0.3 is 17.9 Å². The molecule has 0 aliphatic carbocycles. The van der Waals surface area contributed by atoms with Gasteiger partial charge in [0, 0.05) is 28.3 Å². The average molecular weight is 559 g/mol. The van der Waals surface area contributed by atoms with Crippen LogP contribution in [0.15, 0.2) is 53.0 Å². The number of H-pyrrole nitrogens is 1. The molecule has 1 aromatic heterocycles. The normalized spacial score (nSPS) is 10.0. The molecule has 0 fully saturated rings. The summed E-state index contributed by atoms with van der Waals surface area (Å²) in [6.07, 6.45) is 1.03. The molecule has 11 nitrogen and oxygen atoms in total. The van der Waals surface area contributed by atoms with Crippen LogP contribution in [0.2, 0.25) is 0 Å². The van der Waals surface area contributed by atoms with Gasteiger partial charge < -0.3 is 34.0 Å². The number of carbonyl (C=O) groups excluding carboxylic acids is 3. The molecule has 3 aromatic rings. The second-order valence-corrected chi connectivity index (χ2v) is 7.68. The lowest BCUT2D eigenvalue weighted by Crippen LogP contribution is -2.16. The van der Waals surface area contributed by atoms with Crippen LogP contribution < -0.4 is 20.2 Å². The van der Waals surface area contributed by atoms with Crippen LogP contribution in [0.5, 0.6) is 11.5 Å². The van der Waals surface area contributed by atoms with Crippen LogP contribution in [0.3, 0.4) is 0 Å². The van der Waals surface area contributed by atoms with Crippen molar-refractivity contribution in [2.75, 3.05) is 40.9 Å². The number of anilines is 1. The van der Waals surface area contributed by atoms with Gasteiger partial charge in [-0.2, -0.15) is 0 Å². The fourth-order valence-electron chi connectivity index (χ4n) is 3.43. The van der Waals surface area contributed by atoms with E-state index < -0.39 is 17.9 Å². The maximum Gasteiger partial charge on any atom is 0.354 e. The first kappa shape index (κ1) is 35.2. The molecule has 0 bridgehead atoms. The van der Waals surface area contributed by atoms with Gasteiger partial charge in [0.2, 0.25) is 0 Å². The van der Waals surface area contributed by atoms with E-state index in [1.54, 1.807) is 44.6 Å². The monoisotopic (exact) mass is 558 g/mol. The van der Waals surface area contributed by atoms with Crippen LogP contribution >= 0.6 is 0 Å². The number of nitrogens with one attached hydrogen (secondary N) is 2. The van der Waals surface area contributed by atoms with Crippen LogP contribution in [0.4, 0.5) is 5.69 Å². The summed E-state index contributed by atoms with van der Waals surface area (Å²) >= 11 is 0. The number of aromatic amines is 1. The van der Waals surface area contributed by atoms with Crippen molar-refractivity contribution >= 4 is 34.5 Å². The molecule has 11 heteroatoms. The Hall–Kier alpha value is -4.80. The van der Waals surface area contributed by atoms with Gasteiger partial charge in [-0.15, -0.1) is 0 Å². The SMILES string of the molecule is C.C.COC(=O)/C=C(/Nc1cccc(OC)c1C)C(=O)OC.COC(=O)c1cc(=O)c2ccc(OC)c(C)c2[nH]1. The summed E-state index contributed by atoms with van der Waals surface area (Å²) in [5.41, 5.74) is 2.68. The van der Waals surface area contributed by atoms with Gasteiger partial charge in [0.05, 0.1) is 47.1 Å². The maximum atomic E-state index is 11.9. The van der Waals surface area contributed by atoms with Crippen LogP contribution in [0.1, 0.15) is 36.5 Å². The van der Waals surface area contributed by atoms with Gasteiger partial charge in [-0.05, 0) is 38.1 Å². The maximum absolute atomic E-state index is 11.9. The average Bonchev–Trinajstić information content (AvgIpc) is 2.93. The van der Waals surface area contributed by atoms with Gasteiger partial charge in [0.15, 0.2) is 5.43 Å². The van der Waals surface area contributed by atoms with Crippen LogP contribution in [-0.2, 0) is 23.8 Å². The number of hydrogen-bond acceptors (Lipinski definition) is 10. The Kier molecular flexibility index (Phi) is 14.3. The molecular formula is C29H38N2O9. The Bertz CT molecular complexity index is 1430. The van der Waals surface area contributed by atoms with E-state index >= 15 is 0 Å². The van der Waals surface area contributed by atoms with Gasteiger partial charge in [0.1, 0.15) is 22.9 Å². The summed E-state index contributed by atoms with van der Waals surface area (Å²) < 4.78 is 24.1. The summed E-state index contributed by atoms with van der Waals surface area (Å²) in [7, 11) is 6.83. The first-order valence-corrected chi connectivity index (χ1v) is 11.2. The van der Waals surface area contributed by atoms with E-state index in [4.69, 9.17) is 9.47 Å². The van der Waals surface area contributed by atoms with E-state index in [-0.39, 0.29) is 31.7 Å². The molecular weight excluding hydrogens is 520 g/mol. The summed E-state index contributed by atoms with van der Waals surface area (Å²) in [6, 6.07) is 9.95. The highest BCUT2D eigenvalue weighted by Gasteiger charge is 2.15. The zero-order valence-corrected chi connectivity index (χ0v) is 22.2. The zero-order chi connectivity index (χ0) is 28.4. The summed E-state index contributed by atoms with van der Waals surface area (Å²) in [5, 5.41) is 3.36. The molecule has 0 unspecified atom stereocenters. The van der Waals surface area contributed by atoms with Gasteiger partial charge in [-0.25, -0.2) is 14.4 Å². The predicted octanol–water partition coefficient (Wildman–Crippen LogP) is 4.55. The molecule has 0 spiro atoms. The summed E-state index contributed by atoms with van der Waals surface area (Å²) in [4.78, 5) is 49.2. The molecule has 0 aliphatic heterocycles. The third-order valence-electron chi connectivity index (χ3n) is 5.48. The first-order valence-electron chi connectivity index (χ1n) is 11.2. The molecule has 0 atom stereocenters. The Morgan fingerprint density at radius 1 is 0.825 bits per heavy atom. The van der Waals surface area contributed by atoms with E-state index in [1.165, 1.54) is 27.4 Å². The Morgan fingerprint density at radius 3 is 2.00 bits per heavy atom. The number of ether oxygens (including phenoxy) is 5. The van der Waals surface area contributed by atoms with E-state index in [0.29, 0.717) is 28.1 Å². The van der Waals surface area contributed by atoms with Crippen molar-refractivity contribution < 1.29 is 38.1 Å². The molecule has 2 N–H and O–H groups in total. The van der Waals surface area contributed by atoms with E-state index in [9.17, 15) is 19.2 Å². The lowest BCUT2D eigenvalue weighted by Gasteiger charge is -2.13. The standard InChI is InChI=1S/C14H17NO5.C13H13NO4.2CH4/c1-9-10(6-5-7-12(9)18-2)15-11(14(17)20-4)8-13(16)19-3;1-7-11(17-2)5-4-8-10(15)6-9(13(16)18-3)14-12(7)8;;/h5-8,15H,1-4H3;4-6H,1-3H3,(H,14,15);2*1H4/b11-8+;;;. The second kappa shape index (κ2) is 16.2. The molecule has 0 saturated carbocycles. The largest absolute Gasteiger partial charge is 0.496 e. The van der Waals surface area contributed by atoms with Crippen molar-refractivity contribution in [2.45, 2.75) is 28.7 Å². The van der Waals surface area contributed by atoms with Crippen LogP contribution in [0.25, 0.3) is 10.9 Å². The minimum atomic E-state index is -0.669. The number of rotatable bonds is 7. The molecule has 0 amide bonds. The molecule has 3 rings (SSSR count). The van der Waals surface area contributed by atoms with Gasteiger partial charge in [0.25, 0.3) is 0 Å². The lowest BCUT2D eigenvalue weighted by atomic mass is 10.1. The Labute approximate surface area is 234 Å². The van der Waals surface area contributed by atoms with E-state index in [0.717, 1.165) is 17.2 Å². The van der Waals surface area contributed by atoms with Crippen molar-refractivity contribution in [3.8, 4) is 11.5 Å². The molecule has 2 aromatic carbocycles. The van der Waals surface area contributed by atoms with Crippen molar-refractivity contribution in [1.29, 1.82) is 0 Å². The molecule has 0 saturated heterocycles. The number of methoxy groups -OCH3 is 5. The third-order valence-corrected chi connectivity index (χ3v) is 5.48. The van der Waals surface area contributed by atoms with Crippen molar-refractivity contribution in [1.82, 2.24) is 4.98 Å². The topological polar surface area (TPSA) is 142 Å². The number of aromatic nitrogens is 1. The van der Waals surface area contributed by atoms with Crippen molar-refractivity contribution in [3.05, 3.63) is 75.2 Å². The highest BCUT2D eigenvalue weighted by atomic mass is 16.5. The first-order chi connectivity index (χ1) is 18.1. The van der Waals surface area contributed by atoms with Crippen molar-refractivity contribution in [2.24, 2.45) is 0 Å². The van der Waals surface area contributed by atoms with E-state index in [1.807, 2.05) is 13.8 Å². The number of esters is 3. The highest BCUT2D eigenvalue weighted by molar-refractivity contribution is 5.99. The second-order valence-electron chi connectivity index (χ2n) is 7.68. The zero-order valence-electron chi connectivity index (χ0n) is 22.2. The van der Waals surface area contributed by atoms with Crippen molar-refractivity contribution in [3.63, 3.8) is 0 Å². The fraction of sp³-hybridized carbons (Fsp3) is 0.310. The molecule has 0 radical (unpaired) electrons. The highest BCUT2D eigenvalue weighted by Crippen LogP contribution is 2.26. The lowest BCUT2D eigenvalue weighted by molar-refractivity contribution is -0.138. The fourth-order valence-corrected chi connectivity index (χ4v) is 3.43. The number of carbonyl (C=O) groups is 3. The van der Waals surface area contributed by atoms with Gasteiger partial charge in [-0.1, -0.05) is 20.9 Å². The molecule has 40 heavy (non-hydrogen) atoms.